The first-order valence-electron chi connectivity index (χ1n) is 2.49. The van der Waals surface area contributed by atoms with E-state index in [-0.39, 0.29) is 11.6 Å². The van der Waals surface area contributed by atoms with Crippen molar-refractivity contribution in [3.05, 3.63) is 0 Å². The molecule has 58 valence electrons. The number of amides is 1. The number of thioether (sulfide) groups is 1. The second kappa shape index (κ2) is 4.92. The van der Waals surface area contributed by atoms with E-state index in [2.05, 4.69) is 5.16 Å². The Kier molecular flexibility index (Phi) is 4.47. The van der Waals surface area contributed by atoms with Gasteiger partial charge in [0, 0.05) is 0 Å². The molecule has 0 aliphatic heterocycles. The molecule has 0 radical (unpaired) electrons. The van der Waals surface area contributed by atoms with Crippen molar-refractivity contribution >= 4 is 23.5 Å². The molecular formula is C4H9N3O2S. The predicted molar refractivity (Wildman–Crippen MR) is 39.9 cm³/mol. The van der Waals surface area contributed by atoms with Crippen LogP contribution < -0.4 is 11.5 Å². The molecule has 0 saturated carbocycles. The van der Waals surface area contributed by atoms with Gasteiger partial charge in [0.2, 0.25) is 5.91 Å². The lowest BCUT2D eigenvalue weighted by atomic mass is 10.7. The van der Waals surface area contributed by atoms with E-state index in [9.17, 15) is 4.79 Å². The molecule has 0 saturated heterocycles. The van der Waals surface area contributed by atoms with Crippen LogP contribution in [0, 0.1) is 0 Å². The van der Waals surface area contributed by atoms with Gasteiger partial charge in [-0.2, -0.15) is 0 Å². The molecule has 5 N–H and O–H groups in total. The summed E-state index contributed by atoms with van der Waals surface area (Å²) in [5.74, 6) is 0.192. The van der Waals surface area contributed by atoms with Gasteiger partial charge in [0.25, 0.3) is 0 Å². The summed E-state index contributed by atoms with van der Waals surface area (Å²) >= 11 is 1.20. The summed E-state index contributed by atoms with van der Waals surface area (Å²) in [6.07, 6.45) is 0. The third-order valence-electron chi connectivity index (χ3n) is 0.623. The van der Waals surface area contributed by atoms with Crippen molar-refractivity contribution in [3.63, 3.8) is 0 Å². The Morgan fingerprint density at radius 3 is 2.50 bits per heavy atom. The number of carbonyl (C=O) groups excluding carboxylic acids is 1. The molecule has 5 nitrogen and oxygen atoms in total. The molecule has 0 aromatic heterocycles. The van der Waals surface area contributed by atoms with E-state index in [1.165, 1.54) is 11.8 Å². The normalized spacial score (nSPS) is 11.4. The molecule has 0 fully saturated rings. The van der Waals surface area contributed by atoms with Crippen LogP contribution >= 0.6 is 11.8 Å². The number of nitrogens with two attached hydrogens (primary N) is 2. The minimum atomic E-state index is -0.407. The van der Waals surface area contributed by atoms with Crippen LogP contribution in [0.4, 0.5) is 0 Å². The van der Waals surface area contributed by atoms with E-state index in [1.54, 1.807) is 0 Å². The Bertz CT molecular complexity index is 147. The van der Waals surface area contributed by atoms with Gasteiger partial charge in [0.1, 0.15) is 5.84 Å². The Labute approximate surface area is 62.4 Å². The molecule has 0 bridgehead atoms. The molecule has 10 heavy (non-hydrogen) atoms. The van der Waals surface area contributed by atoms with Crippen LogP contribution in [-0.4, -0.2) is 28.5 Å². The van der Waals surface area contributed by atoms with Crippen LogP contribution in [0.2, 0.25) is 0 Å². The van der Waals surface area contributed by atoms with Gasteiger partial charge < -0.3 is 16.7 Å². The van der Waals surface area contributed by atoms with Crippen LogP contribution in [0.25, 0.3) is 0 Å². The van der Waals surface area contributed by atoms with Crippen molar-refractivity contribution in [2.45, 2.75) is 0 Å². The SMILES string of the molecule is NC(=O)CSC/C(N)=N/O. The fourth-order valence-electron chi connectivity index (χ4n) is 0.285. The van der Waals surface area contributed by atoms with Crippen LogP contribution in [-0.2, 0) is 4.79 Å². The van der Waals surface area contributed by atoms with Gasteiger partial charge in [-0.15, -0.1) is 11.8 Å². The third kappa shape index (κ3) is 5.23. The zero-order valence-corrected chi connectivity index (χ0v) is 6.10. The first-order valence-corrected chi connectivity index (χ1v) is 3.64. The summed E-state index contributed by atoms with van der Waals surface area (Å²) in [4.78, 5) is 10.1. The lowest BCUT2D eigenvalue weighted by Gasteiger charge is -1.94. The molecule has 6 heteroatoms. The zero-order chi connectivity index (χ0) is 7.98. The van der Waals surface area contributed by atoms with Gasteiger partial charge >= 0.3 is 0 Å². The number of rotatable bonds is 4. The molecule has 0 aliphatic carbocycles. The van der Waals surface area contributed by atoms with E-state index >= 15 is 0 Å². The number of nitrogens with zero attached hydrogens (tertiary/aromatic N) is 1. The van der Waals surface area contributed by atoms with E-state index in [4.69, 9.17) is 16.7 Å². The van der Waals surface area contributed by atoms with Crippen molar-refractivity contribution in [2.75, 3.05) is 11.5 Å². The smallest absolute Gasteiger partial charge is 0.227 e. The molecule has 0 rings (SSSR count). The van der Waals surface area contributed by atoms with Crippen molar-refractivity contribution in [1.29, 1.82) is 0 Å². The van der Waals surface area contributed by atoms with Gasteiger partial charge in [-0.05, 0) is 0 Å². The number of oxime groups is 1. The van der Waals surface area contributed by atoms with Crippen LogP contribution in [0.5, 0.6) is 0 Å². The molecule has 0 aliphatic rings. The highest BCUT2D eigenvalue weighted by molar-refractivity contribution is 8.00. The number of amidine groups is 1. The van der Waals surface area contributed by atoms with Gasteiger partial charge in [-0.3, -0.25) is 4.79 Å². The van der Waals surface area contributed by atoms with E-state index < -0.39 is 5.91 Å². The van der Waals surface area contributed by atoms with Crippen LogP contribution in [0.1, 0.15) is 0 Å². The fraction of sp³-hybridized carbons (Fsp3) is 0.500. The van der Waals surface area contributed by atoms with E-state index in [0.717, 1.165) is 0 Å². The number of hydrogen-bond acceptors (Lipinski definition) is 4. The summed E-state index contributed by atoms with van der Waals surface area (Å²) < 4.78 is 0. The molecule has 1 amide bonds. The van der Waals surface area contributed by atoms with Gasteiger partial charge in [-0.1, -0.05) is 5.16 Å². The molecule has 0 atom stereocenters. The molecule has 0 spiro atoms. The highest BCUT2D eigenvalue weighted by Crippen LogP contribution is 1.96. The number of carbonyl (C=O) groups is 1. The maximum Gasteiger partial charge on any atom is 0.227 e. The minimum absolute atomic E-state index is 0.0891. The maximum absolute atomic E-state index is 10.1. The van der Waals surface area contributed by atoms with Crippen LogP contribution in [0.3, 0.4) is 0 Å². The maximum atomic E-state index is 10.1. The summed E-state index contributed by atoms with van der Waals surface area (Å²) in [5, 5.41) is 10.7. The Morgan fingerprint density at radius 2 is 2.10 bits per heavy atom. The molecule has 0 heterocycles. The average molecular weight is 163 g/mol. The highest BCUT2D eigenvalue weighted by atomic mass is 32.2. The van der Waals surface area contributed by atoms with Crippen molar-refractivity contribution in [3.8, 4) is 0 Å². The summed E-state index contributed by atoms with van der Waals surface area (Å²) in [5.41, 5.74) is 9.90. The fourth-order valence-corrected chi connectivity index (χ4v) is 0.855. The Balaban J connectivity index is 3.29. The van der Waals surface area contributed by atoms with Crippen molar-refractivity contribution < 1.29 is 10.0 Å². The second-order valence-corrected chi connectivity index (χ2v) is 2.54. The second-order valence-electron chi connectivity index (χ2n) is 1.55. The minimum Gasteiger partial charge on any atom is -0.409 e. The molecule has 0 aromatic carbocycles. The quantitative estimate of drug-likeness (QED) is 0.213. The van der Waals surface area contributed by atoms with Crippen molar-refractivity contribution in [2.24, 2.45) is 16.6 Å². The lowest BCUT2D eigenvalue weighted by molar-refractivity contribution is -0.115. The predicted octanol–water partition coefficient (Wildman–Crippen LogP) is -1.05. The van der Waals surface area contributed by atoms with E-state index in [1.807, 2.05) is 0 Å². The lowest BCUT2D eigenvalue weighted by Crippen LogP contribution is -2.18. The zero-order valence-electron chi connectivity index (χ0n) is 5.28. The summed E-state index contributed by atoms with van der Waals surface area (Å²) in [6.45, 7) is 0. The summed E-state index contributed by atoms with van der Waals surface area (Å²) in [7, 11) is 0. The molecule has 0 unspecified atom stereocenters. The number of primary amides is 1. The first-order chi connectivity index (χ1) is 4.66. The van der Waals surface area contributed by atoms with Gasteiger partial charge in [-0.25, -0.2) is 0 Å². The van der Waals surface area contributed by atoms with E-state index in [0.29, 0.717) is 5.75 Å². The number of hydrogen-bond donors (Lipinski definition) is 3. The van der Waals surface area contributed by atoms with Gasteiger partial charge in [0.05, 0.1) is 11.5 Å². The molecule has 0 aromatic rings. The van der Waals surface area contributed by atoms with Crippen molar-refractivity contribution in [1.82, 2.24) is 0 Å². The van der Waals surface area contributed by atoms with Gasteiger partial charge in [0.15, 0.2) is 0 Å². The Hall–Kier alpha value is -0.910. The highest BCUT2D eigenvalue weighted by Gasteiger charge is 1.96. The van der Waals surface area contributed by atoms with Crippen LogP contribution in [0.15, 0.2) is 5.16 Å². The third-order valence-corrected chi connectivity index (χ3v) is 1.61. The largest absolute Gasteiger partial charge is 0.409 e. The summed E-state index contributed by atoms with van der Waals surface area (Å²) in [6, 6.07) is 0. The monoisotopic (exact) mass is 163 g/mol. The molecular weight excluding hydrogens is 154 g/mol. The standard InChI is InChI=1S/C4H9N3O2S/c5-3(7-9)1-10-2-4(6)8/h9H,1-2H2,(H2,5,7)(H2,6,8). The topological polar surface area (TPSA) is 102 Å². The average Bonchev–Trinajstić information content (AvgIpc) is 1.87. The first kappa shape index (κ1) is 9.09. The Morgan fingerprint density at radius 1 is 1.50 bits per heavy atom.